The Kier molecular flexibility index (Phi) is 2.61. The molecule has 1 aromatic rings. The fourth-order valence-electron chi connectivity index (χ4n) is 1.64. The second kappa shape index (κ2) is 3.80. The van der Waals surface area contributed by atoms with Crippen LogP contribution >= 0.6 is 0 Å². The van der Waals surface area contributed by atoms with Crippen LogP contribution in [0.2, 0.25) is 0 Å². The van der Waals surface area contributed by atoms with Gasteiger partial charge in [-0.2, -0.15) is 0 Å². The number of nitro groups is 1. The van der Waals surface area contributed by atoms with Crippen LogP contribution < -0.4 is 0 Å². The molecule has 1 heterocycles. The predicted octanol–water partition coefficient (Wildman–Crippen LogP) is 1.95. The molecule has 0 spiro atoms. The van der Waals surface area contributed by atoms with Gasteiger partial charge in [0.05, 0.1) is 23.7 Å². The Morgan fingerprint density at radius 3 is 2.62 bits per heavy atom. The Balaban J connectivity index is 2.46. The van der Waals surface area contributed by atoms with Crippen molar-refractivity contribution in [1.29, 1.82) is 0 Å². The number of hydrogen-bond donors (Lipinski definition) is 0. The summed E-state index contributed by atoms with van der Waals surface area (Å²) in [5, 5.41) is 10.6. The van der Waals surface area contributed by atoms with E-state index in [1.165, 1.54) is 0 Å². The summed E-state index contributed by atoms with van der Waals surface area (Å²) in [5.74, 6) is -1.80. The number of nitrogens with zero attached hydrogens (tertiary/aromatic N) is 1. The third-order valence-electron chi connectivity index (χ3n) is 2.49. The number of nitro benzene ring substituents is 1. The molecular formula is C10H10FNO4. The van der Waals surface area contributed by atoms with Crippen molar-refractivity contribution in [2.45, 2.75) is 12.7 Å². The van der Waals surface area contributed by atoms with Gasteiger partial charge in [-0.1, -0.05) is 0 Å². The number of hydrogen-bond acceptors (Lipinski definition) is 4. The lowest BCUT2D eigenvalue weighted by atomic mass is 10.1. The highest BCUT2D eigenvalue weighted by Crippen LogP contribution is 2.34. The quantitative estimate of drug-likeness (QED) is 0.572. The third-order valence-corrected chi connectivity index (χ3v) is 2.49. The topological polar surface area (TPSA) is 61.6 Å². The Hall–Kier alpha value is -1.53. The van der Waals surface area contributed by atoms with Crippen LogP contribution in [0.5, 0.6) is 0 Å². The minimum absolute atomic E-state index is 0.0548. The van der Waals surface area contributed by atoms with E-state index in [0.717, 1.165) is 18.2 Å². The molecule has 2 rings (SSSR count). The average Bonchev–Trinajstić information content (AvgIpc) is 2.66. The molecule has 6 heteroatoms. The molecule has 16 heavy (non-hydrogen) atoms. The molecule has 0 aromatic heterocycles. The van der Waals surface area contributed by atoms with Crippen molar-refractivity contribution in [1.82, 2.24) is 0 Å². The average molecular weight is 227 g/mol. The van der Waals surface area contributed by atoms with E-state index in [1.807, 2.05) is 0 Å². The van der Waals surface area contributed by atoms with Gasteiger partial charge >= 0.3 is 0 Å². The maximum atomic E-state index is 13.5. The van der Waals surface area contributed by atoms with E-state index < -0.39 is 16.5 Å². The van der Waals surface area contributed by atoms with Crippen LogP contribution in [0.1, 0.15) is 12.5 Å². The van der Waals surface area contributed by atoms with Crippen LogP contribution in [0.3, 0.4) is 0 Å². The van der Waals surface area contributed by atoms with Crippen LogP contribution in [-0.4, -0.2) is 18.1 Å². The molecular weight excluding hydrogens is 217 g/mol. The van der Waals surface area contributed by atoms with Crippen LogP contribution in [0.25, 0.3) is 0 Å². The first kappa shape index (κ1) is 11.0. The summed E-state index contributed by atoms with van der Waals surface area (Å²) >= 11 is 0. The van der Waals surface area contributed by atoms with Gasteiger partial charge in [0.2, 0.25) is 0 Å². The largest absolute Gasteiger partial charge is 0.344 e. The molecule has 1 fully saturated rings. The van der Waals surface area contributed by atoms with Crippen LogP contribution in [0, 0.1) is 15.9 Å². The van der Waals surface area contributed by atoms with Gasteiger partial charge in [-0.15, -0.1) is 0 Å². The highest BCUT2D eigenvalue weighted by Gasteiger charge is 2.36. The molecule has 0 saturated carbocycles. The zero-order valence-electron chi connectivity index (χ0n) is 8.60. The summed E-state index contributed by atoms with van der Waals surface area (Å²) < 4.78 is 24.1. The number of non-ortho nitro benzene ring substituents is 1. The van der Waals surface area contributed by atoms with Crippen molar-refractivity contribution in [3.05, 3.63) is 39.7 Å². The second-order valence-electron chi connectivity index (χ2n) is 3.56. The highest BCUT2D eigenvalue weighted by atomic mass is 19.1. The molecule has 1 aliphatic rings. The smallest absolute Gasteiger partial charge is 0.270 e. The van der Waals surface area contributed by atoms with E-state index in [1.54, 1.807) is 6.92 Å². The summed E-state index contributed by atoms with van der Waals surface area (Å²) in [6.45, 7) is 2.24. The van der Waals surface area contributed by atoms with Gasteiger partial charge in [0.15, 0.2) is 5.79 Å². The van der Waals surface area contributed by atoms with Crippen molar-refractivity contribution in [2.75, 3.05) is 13.2 Å². The number of halogens is 1. The van der Waals surface area contributed by atoms with Crippen molar-refractivity contribution in [2.24, 2.45) is 0 Å². The molecule has 0 bridgehead atoms. The number of benzene rings is 1. The zero-order chi connectivity index (χ0) is 11.8. The number of ether oxygens (including phenoxy) is 2. The first-order valence-electron chi connectivity index (χ1n) is 4.75. The predicted molar refractivity (Wildman–Crippen MR) is 52.3 cm³/mol. The lowest BCUT2D eigenvalue weighted by Gasteiger charge is -2.22. The highest BCUT2D eigenvalue weighted by molar-refractivity contribution is 5.37. The number of rotatable bonds is 2. The maximum absolute atomic E-state index is 13.5. The van der Waals surface area contributed by atoms with Crippen molar-refractivity contribution in [3.8, 4) is 0 Å². The van der Waals surface area contributed by atoms with E-state index in [9.17, 15) is 14.5 Å². The van der Waals surface area contributed by atoms with Crippen LogP contribution in [0.15, 0.2) is 18.2 Å². The van der Waals surface area contributed by atoms with Crippen LogP contribution in [0.4, 0.5) is 10.1 Å². The second-order valence-corrected chi connectivity index (χ2v) is 3.56. The first-order valence-corrected chi connectivity index (χ1v) is 4.75. The minimum atomic E-state index is -1.23. The van der Waals surface area contributed by atoms with Gasteiger partial charge in [0, 0.05) is 12.1 Å². The minimum Gasteiger partial charge on any atom is -0.344 e. The van der Waals surface area contributed by atoms with E-state index >= 15 is 0 Å². The van der Waals surface area contributed by atoms with Gasteiger partial charge in [-0.05, 0) is 13.0 Å². The monoisotopic (exact) mass is 227 g/mol. The van der Waals surface area contributed by atoms with Gasteiger partial charge in [0.25, 0.3) is 5.69 Å². The first-order chi connectivity index (χ1) is 7.53. The SMILES string of the molecule is CC1(c2cc([N+](=O)[O-])ccc2F)OCCO1. The zero-order valence-corrected chi connectivity index (χ0v) is 8.60. The molecule has 0 atom stereocenters. The lowest BCUT2D eigenvalue weighted by molar-refractivity contribution is -0.385. The van der Waals surface area contributed by atoms with Crippen molar-refractivity contribution < 1.29 is 18.8 Å². The summed E-state index contributed by atoms with van der Waals surface area (Å²) in [7, 11) is 0. The summed E-state index contributed by atoms with van der Waals surface area (Å²) in [4.78, 5) is 10.0. The lowest BCUT2D eigenvalue weighted by Crippen LogP contribution is -2.24. The fourth-order valence-corrected chi connectivity index (χ4v) is 1.64. The molecule has 0 unspecified atom stereocenters. The molecule has 1 aromatic carbocycles. The maximum Gasteiger partial charge on any atom is 0.270 e. The summed E-state index contributed by atoms with van der Waals surface area (Å²) in [5.41, 5.74) is -0.129. The van der Waals surface area contributed by atoms with Gasteiger partial charge < -0.3 is 9.47 Å². The van der Waals surface area contributed by atoms with Crippen LogP contribution in [-0.2, 0) is 15.3 Å². The molecule has 1 aliphatic heterocycles. The van der Waals surface area contributed by atoms with E-state index in [-0.39, 0.29) is 11.3 Å². The standard InChI is InChI=1S/C10H10FNO4/c1-10(15-4-5-16-10)8-6-7(12(13)14)2-3-9(8)11/h2-3,6H,4-5H2,1H3. The molecule has 0 N–H and O–H groups in total. The third kappa shape index (κ3) is 1.77. The summed E-state index contributed by atoms with van der Waals surface area (Å²) in [6.07, 6.45) is 0. The van der Waals surface area contributed by atoms with Crippen molar-refractivity contribution in [3.63, 3.8) is 0 Å². The Bertz CT molecular complexity index is 429. The molecule has 86 valence electrons. The van der Waals surface area contributed by atoms with E-state index in [2.05, 4.69) is 0 Å². The molecule has 0 amide bonds. The Morgan fingerprint density at radius 1 is 1.44 bits per heavy atom. The summed E-state index contributed by atoms with van der Waals surface area (Å²) in [6, 6.07) is 3.29. The Morgan fingerprint density at radius 2 is 2.06 bits per heavy atom. The van der Waals surface area contributed by atoms with Gasteiger partial charge in [-0.3, -0.25) is 10.1 Å². The van der Waals surface area contributed by atoms with Gasteiger partial charge in [0.1, 0.15) is 5.82 Å². The normalized spacial score (nSPS) is 18.6. The molecule has 1 saturated heterocycles. The Labute approximate surface area is 90.9 Å². The van der Waals surface area contributed by atoms with E-state index in [4.69, 9.17) is 9.47 Å². The molecule has 0 aliphatic carbocycles. The fraction of sp³-hybridized carbons (Fsp3) is 0.400. The molecule has 0 radical (unpaired) electrons. The molecule has 5 nitrogen and oxygen atoms in total. The van der Waals surface area contributed by atoms with Crippen molar-refractivity contribution >= 4 is 5.69 Å². The van der Waals surface area contributed by atoms with Gasteiger partial charge in [-0.25, -0.2) is 4.39 Å². The van der Waals surface area contributed by atoms with E-state index in [0.29, 0.717) is 13.2 Å².